The van der Waals surface area contributed by atoms with Crippen LogP contribution < -0.4 is 10.2 Å². The smallest absolute Gasteiger partial charge is 0.272 e. The Balaban J connectivity index is 2.11. The Morgan fingerprint density at radius 2 is 2.14 bits per heavy atom. The average Bonchev–Trinajstić information content (AvgIpc) is 2.48. The number of carbonyl (C=O) groups is 1. The lowest BCUT2D eigenvalue weighted by molar-refractivity contribution is 0.0955. The normalized spacial score (nSPS) is 10.7. The second-order valence-electron chi connectivity index (χ2n) is 4.58. The number of aryl methyl sites for hydroxylation is 1. The Hall–Kier alpha value is -2.53. The fourth-order valence-electron chi connectivity index (χ4n) is 1.83. The van der Waals surface area contributed by atoms with Gasteiger partial charge in [-0.3, -0.25) is 4.79 Å². The number of aromatic hydroxyl groups is 1. The molecule has 0 bridgehead atoms. The SMILES string of the molecule is COc1cccc(C=NNC(=O)c2ccc(C)cc2Cl)c1O. The highest BCUT2D eigenvalue weighted by Crippen LogP contribution is 2.27. The van der Waals surface area contributed by atoms with E-state index in [1.807, 2.05) is 6.92 Å². The predicted octanol–water partition coefficient (Wildman–Crippen LogP) is 3.13. The first-order valence-corrected chi connectivity index (χ1v) is 6.86. The molecule has 0 aliphatic heterocycles. The van der Waals surface area contributed by atoms with Gasteiger partial charge in [-0.1, -0.05) is 23.7 Å². The van der Waals surface area contributed by atoms with Crippen molar-refractivity contribution in [1.29, 1.82) is 0 Å². The minimum atomic E-state index is -0.427. The molecule has 0 aliphatic carbocycles. The Labute approximate surface area is 133 Å². The van der Waals surface area contributed by atoms with Crippen LogP contribution in [-0.2, 0) is 0 Å². The van der Waals surface area contributed by atoms with Crippen LogP contribution in [0.2, 0.25) is 5.02 Å². The second-order valence-corrected chi connectivity index (χ2v) is 4.99. The molecule has 0 unspecified atom stereocenters. The molecule has 0 heterocycles. The van der Waals surface area contributed by atoms with E-state index < -0.39 is 5.91 Å². The van der Waals surface area contributed by atoms with Crippen LogP contribution in [0.4, 0.5) is 0 Å². The highest BCUT2D eigenvalue weighted by atomic mass is 35.5. The van der Waals surface area contributed by atoms with Crippen LogP contribution in [0.25, 0.3) is 0 Å². The number of ether oxygens (including phenoxy) is 1. The van der Waals surface area contributed by atoms with Gasteiger partial charge in [0.05, 0.1) is 23.9 Å². The number of methoxy groups -OCH3 is 1. The van der Waals surface area contributed by atoms with E-state index >= 15 is 0 Å². The van der Waals surface area contributed by atoms with Crippen molar-refractivity contribution in [1.82, 2.24) is 5.43 Å². The van der Waals surface area contributed by atoms with Crippen molar-refractivity contribution in [3.8, 4) is 11.5 Å². The van der Waals surface area contributed by atoms with Gasteiger partial charge >= 0.3 is 0 Å². The molecule has 6 heteroatoms. The summed E-state index contributed by atoms with van der Waals surface area (Å²) in [5.41, 5.74) is 4.09. The molecular formula is C16H15ClN2O3. The molecule has 1 amide bonds. The molecule has 0 aromatic heterocycles. The Morgan fingerprint density at radius 1 is 1.36 bits per heavy atom. The Kier molecular flexibility index (Phi) is 5.01. The van der Waals surface area contributed by atoms with Crippen molar-refractivity contribution < 1.29 is 14.6 Å². The van der Waals surface area contributed by atoms with E-state index in [1.54, 1.807) is 36.4 Å². The third-order valence-corrected chi connectivity index (χ3v) is 3.30. The topological polar surface area (TPSA) is 70.9 Å². The van der Waals surface area contributed by atoms with Crippen LogP contribution in [0.1, 0.15) is 21.5 Å². The van der Waals surface area contributed by atoms with E-state index in [1.165, 1.54) is 13.3 Å². The summed E-state index contributed by atoms with van der Waals surface area (Å²) in [7, 11) is 1.46. The van der Waals surface area contributed by atoms with Crippen LogP contribution >= 0.6 is 11.6 Å². The van der Waals surface area contributed by atoms with E-state index in [4.69, 9.17) is 16.3 Å². The molecular weight excluding hydrogens is 304 g/mol. The summed E-state index contributed by atoms with van der Waals surface area (Å²) >= 11 is 6.02. The van der Waals surface area contributed by atoms with Crippen LogP contribution in [0.5, 0.6) is 11.5 Å². The summed E-state index contributed by atoms with van der Waals surface area (Å²) < 4.78 is 4.99. The van der Waals surface area contributed by atoms with Crippen LogP contribution in [-0.4, -0.2) is 24.3 Å². The lowest BCUT2D eigenvalue weighted by Gasteiger charge is -2.05. The lowest BCUT2D eigenvalue weighted by atomic mass is 10.1. The maximum atomic E-state index is 12.0. The zero-order chi connectivity index (χ0) is 16.1. The van der Waals surface area contributed by atoms with Gasteiger partial charge in [0.2, 0.25) is 0 Å². The number of rotatable bonds is 4. The summed E-state index contributed by atoms with van der Waals surface area (Å²) in [6, 6.07) is 10.1. The van der Waals surface area contributed by atoms with Crippen LogP contribution in [0.15, 0.2) is 41.5 Å². The molecule has 2 N–H and O–H groups in total. The third-order valence-electron chi connectivity index (χ3n) is 2.99. The Morgan fingerprint density at radius 3 is 2.82 bits per heavy atom. The number of para-hydroxylation sites is 1. The largest absolute Gasteiger partial charge is 0.504 e. The number of hydrogen-bond acceptors (Lipinski definition) is 4. The van der Waals surface area contributed by atoms with Gasteiger partial charge in [0.1, 0.15) is 0 Å². The van der Waals surface area contributed by atoms with Gasteiger partial charge in [0.15, 0.2) is 11.5 Å². The van der Waals surface area contributed by atoms with Gasteiger partial charge < -0.3 is 9.84 Å². The number of benzene rings is 2. The summed E-state index contributed by atoms with van der Waals surface area (Å²) in [5, 5.41) is 14.1. The molecule has 0 saturated heterocycles. The summed E-state index contributed by atoms with van der Waals surface area (Å²) in [6.45, 7) is 1.89. The molecule has 0 aliphatic rings. The van der Waals surface area contributed by atoms with Crippen LogP contribution in [0.3, 0.4) is 0 Å². The molecule has 0 radical (unpaired) electrons. The van der Waals surface area contributed by atoms with Crippen molar-refractivity contribution in [2.75, 3.05) is 7.11 Å². The van der Waals surface area contributed by atoms with Crippen molar-refractivity contribution in [2.24, 2.45) is 5.10 Å². The van der Waals surface area contributed by atoms with E-state index in [0.717, 1.165) is 5.56 Å². The molecule has 0 atom stereocenters. The Bertz CT molecular complexity index is 729. The van der Waals surface area contributed by atoms with Gasteiger partial charge in [-0.2, -0.15) is 5.10 Å². The fraction of sp³-hybridized carbons (Fsp3) is 0.125. The monoisotopic (exact) mass is 318 g/mol. The zero-order valence-electron chi connectivity index (χ0n) is 12.1. The number of phenols is 1. The minimum absolute atomic E-state index is 0.0450. The summed E-state index contributed by atoms with van der Waals surface area (Å²) in [5.74, 6) is -0.142. The van der Waals surface area contributed by atoms with Gasteiger partial charge in [-0.15, -0.1) is 0 Å². The molecule has 5 nitrogen and oxygen atoms in total. The van der Waals surface area contributed by atoms with E-state index in [0.29, 0.717) is 21.9 Å². The molecule has 0 saturated carbocycles. The predicted molar refractivity (Wildman–Crippen MR) is 85.9 cm³/mol. The number of hydrazone groups is 1. The minimum Gasteiger partial charge on any atom is -0.504 e. The van der Waals surface area contributed by atoms with Crippen molar-refractivity contribution in [3.05, 3.63) is 58.1 Å². The number of halogens is 1. The molecule has 0 fully saturated rings. The fourth-order valence-corrected chi connectivity index (χ4v) is 2.15. The maximum Gasteiger partial charge on any atom is 0.272 e. The molecule has 2 aromatic rings. The van der Waals surface area contributed by atoms with Crippen molar-refractivity contribution in [3.63, 3.8) is 0 Å². The highest BCUT2D eigenvalue weighted by molar-refractivity contribution is 6.33. The van der Waals surface area contributed by atoms with Gasteiger partial charge in [-0.25, -0.2) is 5.43 Å². The standard InChI is InChI=1S/C16H15ClN2O3/c1-10-6-7-12(13(17)8-10)16(21)19-18-9-11-4-3-5-14(22-2)15(11)20/h3-9,20H,1-2H3,(H,19,21). The first kappa shape index (κ1) is 15.9. The molecule has 2 aromatic carbocycles. The number of nitrogens with one attached hydrogen (secondary N) is 1. The maximum absolute atomic E-state index is 12.0. The van der Waals surface area contributed by atoms with Gasteiger partial charge in [0.25, 0.3) is 5.91 Å². The number of hydrogen-bond donors (Lipinski definition) is 2. The molecule has 0 spiro atoms. The molecule has 22 heavy (non-hydrogen) atoms. The first-order chi connectivity index (χ1) is 10.5. The van der Waals surface area contributed by atoms with E-state index in [-0.39, 0.29) is 5.75 Å². The molecule has 114 valence electrons. The van der Waals surface area contributed by atoms with Crippen molar-refractivity contribution in [2.45, 2.75) is 6.92 Å². The summed E-state index contributed by atoms with van der Waals surface area (Å²) in [4.78, 5) is 12.0. The van der Waals surface area contributed by atoms with Gasteiger partial charge in [0, 0.05) is 5.56 Å². The second kappa shape index (κ2) is 6.95. The lowest BCUT2D eigenvalue weighted by Crippen LogP contribution is -2.18. The number of phenolic OH excluding ortho intramolecular Hbond substituents is 1. The average molecular weight is 319 g/mol. The third kappa shape index (κ3) is 3.56. The van der Waals surface area contributed by atoms with E-state index in [2.05, 4.69) is 10.5 Å². The number of nitrogens with zero attached hydrogens (tertiary/aromatic N) is 1. The van der Waals surface area contributed by atoms with Crippen molar-refractivity contribution >= 4 is 23.7 Å². The van der Waals surface area contributed by atoms with Gasteiger partial charge in [-0.05, 0) is 36.8 Å². The quantitative estimate of drug-likeness (QED) is 0.672. The number of amides is 1. The molecule has 2 rings (SSSR count). The van der Waals surface area contributed by atoms with E-state index in [9.17, 15) is 9.90 Å². The summed E-state index contributed by atoms with van der Waals surface area (Å²) in [6.07, 6.45) is 1.33. The first-order valence-electron chi connectivity index (χ1n) is 6.48. The highest BCUT2D eigenvalue weighted by Gasteiger charge is 2.09. The number of carbonyl (C=O) groups excluding carboxylic acids is 1. The van der Waals surface area contributed by atoms with Crippen LogP contribution in [0, 0.1) is 6.92 Å². The zero-order valence-corrected chi connectivity index (χ0v) is 12.9.